The van der Waals surface area contributed by atoms with Crippen molar-refractivity contribution in [3.63, 3.8) is 0 Å². The van der Waals surface area contributed by atoms with Crippen molar-refractivity contribution in [3.8, 4) is 5.75 Å². The van der Waals surface area contributed by atoms with E-state index >= 15 is 0 Å². The maximum absolute atomic E-state index is 13.4. The average molecular weight is 358 g/mol. The predicted molar refractivity (Wildman–Crippen MR) is 80.5 cm³/mol. The minimum Gasteiger partial charge on any atom is -0.491 e. The smallest absolute Gasteiger partial charge is 0.149 e. The highest BCUT2D eigenvalue weighted by Crippen LogP contribution is 2.18. The van der Waals surface area contributed by atoms with Crippen molar-refractivity contribution in [1.82, 2.24) is 0 Å². The molecule has 0 aliphatic carbocycles. The van der Waals surface area contributed by atoms with Crippen molar-refractivity contribution in [2.75, 3.05) is 18.5 Å². The number of nitrogens with one attached hydrogen (secondary N) is 1. The Kier molecular flexibility index (Phi) is 5.52. The van der Waals surface area contributed by atoms with Crippen molar-refractivity contribution in [2.24, 2.45) is 0 Å². The van der Waals surface area contributed by atoms with Gasteiger partial charge in [-0.3, -0.25) is 0 Å². The van der Waals surface area contributed by atoms with E-state index < -0.39 is 17.7 Å². The number of hydrogen-bond donors (Lipinski definition) is 2. The summed E-state index contributed by atoms with van der Waals surface area (Å²) in [6, 6.07) is 10.7. The zero-order chi connectivity index (χ0) is 15.2. The van der Waals surface area contributed by atoms with Gasteiger partial charge >= 0.3 is 0 Å². The van der Waals surface area contributed by atoms with Crippen molar-refractivity contribution in [2.45, 2.75) is 6.10 Å². The van der Waals surface area contributed by atoms with E-state index in [4.69, 9.17) is 4.74 Å². The first-order valence-electron chi connectivity index (χ1n) is 6.30. The maximum Gasteiger partial charge on any atom is 0.149 e. The van der Waals surface area contributed by atoms with Gasteiger partial charge in [-0.15, -0.1) is 0 Å². The predicted octanol–water partition coefficient (Wildman–Crippen LogP) is 3.58. The van der Waals surface area contributed by atoms with E-state index in [-0.39, 0.29) is 18.8 Å². The number of rotatable bonds is 6. The molecule has 0 saturated heterocycles. The molecule has 0 fully saturated rings. The molecule has 112 valence electrons. The van der Waals surface area contributed by atoms with Crippen LogP contribution in [0.5, 0.6) is 5.75 Å². The fourth-order valence-corrected chi connectivity index (χ4v) is 1.93. The Bertz CT molecular complexity index is 572. The van der Waals surface area contributed by atoms with E-state index in [9.17, 15) is 13.9 Å². The molecule has 0 saturated carbocycles. The Morgan fingerprint density at radius 1 is 1.10 bits per heavy atom. The number of para-hydroxylation sites is 1. The minimum absolute atomic E-state index is 0.0186. The van der Waals surface area contributed by atoms with Crippen LogP contribution in [-0.4, -0.2) is 24.4 Å². The highest BCUT2D eigenvalue weighted by Gasteiger charge is 2.11. The maximum atomic E-state index is 13.4. The second-order valence-electron chi connectivity index (χ2n) is 4.40. The van der Waals surface area contributed by atoms with Gasteiger partial charge in [-0.05, 0) is 36.4 Å². The third-order valence-corrected chi connectivity index (χ3v) is 3.26. The van der Waals surface area contributed by atoms with Crippen LogP contribution >= 0.6 is 15.9 Å². The summed E-state index contributed by atoms with van der Waals surface area (Å²) in [6.07, 6.45) is -0.896. The van der Waals surface area contributed by atoms with Crippen LogP contribution in [-0.2, 0) is 0 Å². The van der Waals surface area contributed by atoms with Crippen LogP contribution < -0.4 is 10.1 Å². The molecule has 1 atom stereocenters. The van der Waals surface area contributed by atoms with Gasteiger partial charge in [-0.2, -0.15) is 0 Å². The molecular formula is C15H14BrF2NO2. The molecule has 0 aliphatic rings. The van der Waals surface area contributed by atoms with E-state index in [0.717, 1.165) is 16.6 Å². The number of benzene rings is 2. The van der Waals surface area contributed by atoms with Crippen LogP contribution in [0.4, 0.5) is 14.5 Å². The molecule has 0 heterocycles. The normalized spacial score (nSPS) is 12.0. The molecule has 0 aliphatic heterocycles. The topological polar surface area (TPSA) is 41.5 Å². The molecule has 2 N–H and O–H groups in total. The van der Waals surface area contributed by atoms with Gasteiger partial charge in [0.05, 0.1) is 0 Å². The zero-order valence-corrected chi connectivity index (χ0v) is 12.6. The van der Waals surface area contributed by atoms with Gasteiger partial charge in [-0.1, -0.05) is 22.0 Å². The van der Waals surface area contributed by atoms with E-state index in [1.165, 1.54) is 6.07 Å². The zero-order valence-electron chi connectivity index (χ0n) is 11.0. The Morgan fingerprint density at radius 2 is 1.71 bits per heavy atom. The minimum atomic E-state index is -0.896. The molecule has 1 unspecified atom stereocenters. The molecule has 2 aromatic rings. The molecule has 21 heavy (non-hydrogen) atoms. The second-order valence-corrected chi connectivity index (χ2v) is 5.31. The lowest BCUT2D eigenvalue weighted by Crippen LogP contribution is -2.27. The lowest BCUT2D eigenvalue weighted by molar-refractivity contribution is 0.117. The summed E-state index contributed by atoms with van der Waals surface area (Å²) in [4.78, 5) is 0. The van der Waals surface area contributed by atoms with Crippen molar-refractivity contribution >= 4 is 21.6 Å². The first-order valence-corrected chi connectivity index (χ1v) is 7.10. The Morgan fingerprint density at radius 3 is 2.33 bits per heavy atom. The first kappa shape index (κ1) is 15.7. The molecule has 0 bridgehead atoms. The van der Waals surface area contributed by atoms with Gasteiger partial charge < -0.3 is 15.2 Å². The van der Waals surface area contributed by atoms with E-state index in [1.54, 1.807) is 12.1 Å². The van der Waals surface area contributed by atoms with Crippen molar-refractivity contribution in [3.05, 3.63) is 58.6 Å². The Labute approximate surface area is 129 Å². The van der Waals surface area contributed by atoms with Crippen LogP contribution in [0.2, 0.25) is 0 Å². The third kappa shape index (κ3) is 4.68. The summed E-state index contributed by atoms with van der Waals surface area (Å²) < 4.78 is 33.0. The summed E-state index contributed by atoms with van der Waals surface area (Å²) >= 11 is 3.30. The summed E-state index contributed by atoms with van der Waals surface area (Å²) in [5.74, 6) is -0.790. The average Bonchev–Trinajstić information content (AvgIpc) is 2.46. The Balaban J connectivity index is 1.82. The SMILES string of the molecule is OC(CNc1c(F)cccc1F)COc1ccc(Br)cc1. The van der Waals surface area contributed by atoms with Gasteiger partial charge in [0.1, 0.15) is 35.8 Å². The fraction of sp³-hybridized carbons (Fsp3) is 0.200. The van der Waals surface area contributed by atoms with Gasteiger partial charge in [0.2, 0.25) is 0 Å². The molecule has 0 aromatic heterocycles. The summed E-state index contributed by atoms with van der Waals surface area (Å²) in [5.41, 5.74) is -0.250. The Hall–Kier alpha value is -1.66. The monoisotopic (exact) mass is 357 g/mol. The van der Waals surface area contributed by atoms with Crippen LogP contribution in [0.3, 0.4) is 0 Å². The van der Waals surface area contributed by atoms with Gasteiger partial charge in [0.25, 0.3) is 0 Å². The first-order chi connectivity index (χ1) is 10.1. The van der Waals surface area contributed by atoms with Gasteiger partial charge in [0.15, 0.2) is 0 Å². The number of hydrogen-bond acceptors (Lipinski definition) is 3. The van der Waals surface area contributed by atoms with Crippen LogP contribution in [0.15, 0.2) is 46.9 Å². The molecule has 0 spiro atoms. The third-order valence-electron chi connectivity index (χ3n) is 2.73. The summed E-state index contributed by atoms with van der Waals surface area (Å²) in [7, 11) is 0. The van der Waals surface area contributed by atoms with E-state index in [0.29, 0.717) is 5.75 Å². The van der Waals surface area contributed by atoms with E-state index in [1.807, 2.05) is 12.1 Å². The molecule has 0 radical (unpaired) electrons. The van der Waals surface area contributed by atoms with Gasteiger partial charge in [0, 0.05) is 11.0 Å². The van der Waals surface area contributed by atoms with Crippen LogP contribution in [0, 0.1) is 11.6 Å². The summed E-state index contributed by atoms with van der Waals surface area (Å²) in [5, 5.41) is 12.3. The van der Waals surface area contributed by atoms with E-state index in [2.05, 4.69) is 21.2 Å². The summed E-state index contributed by atoms with van der Waals surface area (Å²) in [6.45, 7) is -0.000907. The van der Waals surface area contributed by atoms with Crippen molar-refractivity contribution in [1.29, 1.82) is 0 Å². The number of aliphatic hydroxyl groups excluding tert-OH is 1. The molecule has 3 nitrogen and oxygen atoms in total. The number of aliphatic hydroxyl groups is 1. The second kappa shape index (κ2) is 7.38. The molecule has 0 amide bonds. The lowest BCUT2D eigenvalue weighted by Gasteiger charge is -2.14. The lowest BCUT2D eigenvalue weighted by atomic mass is 10.2. The number of halogens is 3. The highest BCUT2D eigenvalue weighted by molar-refractivity contribution is 9.10. The fourth-order valence-electron chi connectivity index (χ4n) is 1.67. The van der Waals surface area contributed by atoms with Crippen molar-refractivity contribution < 1.29 is 18.6 Å². The molecule has 2 aromatic carbocycles. The molecular weight excluding hydrogens is 344 g/mol. The molecule has 6 heteroatoms. The standard InChI is InChI=1S/C15H14BrF2NO2/c16-10-4-6-12(7-5-10)21-9-11(20)8-19-15-13(17)2-1-3-14(15)18/h1-7,11,19-20H,8-9H2. The van der Waals surface area contributed by atoms with Crippen LogP contribution in [0.1, 0.15) is 0 Å². The molecule has 2 rings (SSSR count). The number of ether oxygens (including phenoxy) is 1. The van der Waals surface area contributed by atoms with Crippen LogP contribution in [0.25, 0.3) is 0 Å². The number of anilines is 1. The quantitative estimate of drug-likeness (QED) is 0.830. The van der Waals surface area contributed by atoms with Gasteiger partial charge in [-0.25, -0.2) is 8.78 Å². The highest BCUT2D eigenvalue weighted by atomic mass is 79.9. The largest absolute Gasteiger partial charge is 0.491 e.